The van der Waals surface area contributed by atoms with Crippen LogP contribution in [-0.2, 0) is 106 Å². The van der Waals surface area contributed by atoms with Gasteiger partial charge in [-0.2, -0.15) is 39.2 Å². The molecular formula is C80H54F7I18O31S4-3. The zero-order valence-corrected chi connectivity index (χ0v) is 111. The van der Waals surface area contributed by atoms with Crippen molar-refractivity contribution < 1.29 is 173 Å². The van der Waals surface area contributed by atoms with Crippen LogP contribution in [0.5, 0.6) is 0 Å². The summed E-state index contributed by atoms with van der Waals surface area (Å²) in [5.41, 5.74) is -9.98. The quantitative estimate of drug-likeness (QED) is 0.0103. The van der Waals surface area contributed by atoms with Crippen LogP contribution in [0.25, 0.3) is 0 Å². The van der Waals surface area contributed by atoms with E-state index in [1.165, 1.54) is 6.07 Å². The van der Waals surface area contributed by atoms with Crippen LogP contribution in [0, 0.1) is 86.9 Å². The number of carbonyl (C=O) groups excluding carboxylic acids is 9. The van der Waals surface area contributed by atoms with E-state index < -0.39 is 209 Å². The Balaban J connectivity index is 0.000000182. The van der Waals surface area contributed by atoms with E-state index in [0.29, 0.717) is 73.5 Å². The molecule has 31 nitrogen and oxygen atoms in total. The van der Waals surface area contributed by atoms with Crippen molar-refractivity contribution >= 4 is 501 Å². The molecule has 6 aromatic carbocycles. The minimum Gasteiger partial charge on any atom is -0.748 e. The first-order valence-electron chi connectivity index (χ1n) is 39.3. The maximum atomic E-state index is 14.9. The molecule has 60 heteroatoms. The van der Waals surface area contributed by atoms with Gasteiger partial charge in [-0.25, -0.2) is 54.0 Å². The fraction of sp³-hybridized carbons (Fsp3) is 0.438. The van der Waals surface area contributed by atoms with Crippen molar-refractivity contribution in [3.63, 3.8) is 0 Å². The lowest BCUT2D eigenvalue weighted by Gasteiger charge is -2.66. The fourth-order valence-corrected chi connectivity index (χ4v) is 37.3. The monoisotopic (exact) mass is 4060 g/mol. The lowest BCUT2D eigenvalue weighted by molar-refractivity contribution is -0.279. The largest absolute Gasteiger partial charge is 0.748 e. The Bertz CT molecular complexity index is 6670. The van der Waals surface area contributed by atoms with Crippen molar-refractivity contribution in [1.29, 1.82) is 0 Å². The van der Waals surface area contributed by atoms with Crippen molar-refractivity contribution in [2.45, 2.75) is 184 Å². The highest BCUT2D eigenvalue weighted by Crippen LogP contribution is 2.70. The van der Waals surface area contributed by atoms with Crippen LogP contribution in [0.15, 0.2) is 72.8 Å². The normalized spacial score (nSPS) is 27.7. The third-order valence-corrected chi connectivity index (χ3v) is 51.2. The van der Waals surface area contributed by atoms with Gasteiger partial charge in [0.1, 0.15) is 57.5 Å². The SMILES string of the molecule is CC(OC(=O)C12CC3(OC(=O)c4cc(I)cc(I)c4I)CC(OC(=O)c4cc(I)cc(I)c4I)(CC(OC(=O)c4c(I)ccc(I)c4I)(C3)C1)C2)C(F)(F)S(=O)(=O)[O-].CC(OC(=O)C12CC3CC(OC(=O)c4cc(I)cc(I)c4I)(CC(OC(=O)c4c(I)ccc(I)c4I)(C3)C1)C2)C(F)(F)S(=O)(=O)[O-].O=C(OC1C2OS(=O)(=O)C3C2OC1C3C(=O)OC(CS(=O)(=O)[O-])C(F)(F)F)c1cc(I)cc(I)c1I. The zero-order valence-electron chi connectivity index (χ0n) is 69.1. The van der Waals surface area contributed by atoms with E-state index in [4.69, 9.17) is 46.8 Å². The van der Waals surface area contributed by atoms with Gasteiger partial charge in [0.25, 0.3) is 10.1 Å². The first kappa shape index (κ1) is 120. The second-order valence-electron chi connectivity index (χ2n) is 34.2. The summed E-state index contributed by atoms with van der Waals surface area (Å²) in [5.74, 6) is -13.3. The number of fused-ring (bicyclic) bond motifs is 1. The van der Waals surface area contributed by atoms with Gasteiger partial charge in [0, 0.05) is 122 Å². The Morgan fingerprint density at radius 1 is 0.407 bits per heavy atom. The Morgan fingerprint density at radius 3 is 1.09 bits per heavy atom. The van der Waals surface area contributed by atoms with Crippen LogP contribution in [0.3, 0.4) is 0 Å². The van der Waals surface area contributed by atoms with Gasteiger partial charge in [-0.3, -0.25) is 18.6 Å². The topological polar surface area (TPSA) is 461 Å². The molecule has 10 bridgehead atoms. The second-order valence-corrected chi connectivity index (χ2v) is 61.1. The predicted molar refractivity (Wildman–Crippen MR) is 622 cm³/mol. The van der Waals surface area contributed by atoms with Crippen LogP contribution in [-0.4, -0.2) is 199 Å². The molecule has 0 spiro atoms. The predicted octanol–water partition coefficient (Wildman–Crippen LogP) is 20.1. The molecule has 8 saturated carbocycles. The summed E-state index contributed by atoms with van der Waals surface area (Å²) in [6, 6.07) is 21.0. The van der Waals surface area contributed by atoms with Crippen molar-refractivity contribution in [3.8, 4) is 0 Å². The number of halogens is 25. The molecule has 3 heterocycles. The summed E-state index contributed by atoms with van der Waals surface area (Å²) in [7, 11) is -22.5. The van der Waals surface area contributed by atoms with Gasteiger partial charge >= 0.3 is 70.4 Å². The first-order chi connectivity index (χ1) is 64.2. The molecule has 6 aromatic rings. The molecule has 15 unspecified atom stereocenters. The zero-order chi connectivity index (χ0) is 104. The number of alkyl halides is 7. The van der Waals surface area contributed by atoms with E-state index in [1.54, 1.807) is 36.4 Å². The number of rotatable bonds is 24. The van der Waals surface area contributed by atoms with E-state index in [2.05, 4.69) is 231 Å². The summed E-state index contributed by atoms with van der Waals surface area (Å²) in [5, 5.41) is -11.7. The fourth-order valence-electron chi connectivity index (χ4n) is 19.7. The van der Waals surface area contributed by atoms with Crippen LogP contribution >= 0.6 is 407 Å². The van der Waals surface area contributed by atoms with Crippen LogP contribution in [0.4, 0.5) is 30.7 Å². The molecule has 0 radical (unpaired) electrons. The third kappa shape index (κ3) is 25.1. The van der Waals surface area contributed by atoms with E-state index in [1.807, 2.05) is 211 Å². The van der Waals surface area contributed by atoms with Gasteiger partial charge in [0.2, 0.25) is 6.10 Å². The number of hydrogen-bond acceptors (Lipinski definition) is 31. The van der Waals surface area contributed by atoms with Gasteiger partial charge in [0.05, 0.1) is 60.1 Å². The van der Waals surface area contributed by atoms with E-state index in [9.17, 15) is 121 Å². The maximum Gasteiger partial charge on any atom is 0.426 e. The van der Waals surface area contributed by atoms with Crippen molar-refractivity contribution in [1.82, 2.24) is 0 Å². The lowest BCUT2D eigenvalue weighted by Crippen LogP contribution is -2.73. The van der Waals surface area contributed by atoms with Crippen molar-refractivity contribution in [2.75, 3.05) is 5.75 Å². The van der Waals surface area contributed by atoms with Gasteiger partial charge < -0.3 is 61.0 Å². The molecular weight excluding hydrogens is 4000 g/mol. The smallest absolute Gasteiger partial charge is 0.426 e. The molecule has 0 aromatic heterocycles. The standard InChI is InChI=1S/C35H23F2I9O11S.C28H22F2I6O9S.C17H12F3I3O11S2/c1-14(35(36,37)58(51,52)53)54-30(50)31-8-32(55-27(47)17-4-15(38)6-21(42)24(17)44)11-33(9-31,56-28(48)18-5-16(39)7-22(43)25(18)45)13-34(10-31,12-32)57-29(49)23-19(40)2-3-20(41)26(23)46;1-12(28(29,30)46(40,41)42)43-24(39)25-6-13-7-26(9-25,44-22(37)15-4-14(31)5-18(34)20(15)35)11-27(8-13,10-25)45-23(38)19-16(32)2-3-17(33)21(19)36;18-17(19,20)7(3-35(26,27)28)31-16(25)8-10-11(12-13(32-10)14(8)36(29,30)34-12)33-15(24)5-1-4(21)2-6(22)9(5)23/h2-7,14H,8-13H2,1H3,(H,51,52,53);2-5,12-13H,6-11H2,1H3,(H,40,41,42);1-2,7-8,10-14H,3H2,(H,26,27,28)/p-3. The minimum absolute atomic E-state index is 0.0678. The number of hydrogen-bond donors (Lipinski definition) is 0. The first-order valence-corrected chi connectivity index (χ1v) is 64.6. The van der Waals surface area contributed by atoms with Gasteiger partial charge in [0.15, 0.2) is 38.5 Å². The molecule has 15 atom stereocenters. The number of esters is 9. The molecule has 11 fully saturated rings. The van der Waals surface area contributed by atoms with Crippen LogP contribution < -0.4 is 0 Å². The highest BCUT2D eigenvalue weighted by atomic mass is 127. The Morgan fingerprint density at radius 2 is 0.729 bits per heavy atom. The Hall–Kier alpha value is 2.80. The molecule has 140 heavy (non-hydrogen) atoms. The highest BCUT2D eigenvalue weighted by molar-refractivity contribution is 14.1. The summed E-state index contributed by atoms with van der Waals surface area (Å²) >= 11 is 36.7. The van der Waals surface area contributed by atoms with Crippen molar-refractivity contribution in [3.05, 3.63) is 170 Å². The second kappa shape index (κ2) is 44.3. The van der Waals surface area contributed by atoms with Crippen molar-refractivity contribution in [2.24, 2.45) is 22.7 Å². The number of ether oxygens (including phenoxy) is 10. The lowest BCUT2D eigenvalue weighted by atomic mass is 9.44. The highest BCUT2D eigenvalue weighted by Gasteiger charge is 2.78. The molecule has 3 saturated heterocycles. The molecule has 8 aliphatic carbocycles. The summed E-state index contributed by atoms with van der Waals surface area (Å²) in [6.07, 6.45) is -20.7. The average molecular weight is 4060 g/mol. The van der Waals surface area contributed by atoms with Gasteiger partial charge in [-0.1, -0.05) is 0 Å². The molecule has 762 valence electrons. The minimum atomic E-state index is -6.29. The third-order valence-electron chi connectivity index (χ3n) is 24.2. The van der Waals surface area contributed by atoms with Gasteiger partial charge in [-0.15, -0.1) is 0 Å². The maximum absolute atomic E-state index is 14.9. The molecule has 17 rings (SSSR count). The van der Waals surface area contributed by atoms with Gasteiger partial charge in [-0.05, 0) is 518 Å². The number of benzene rings is 6. The Kier molecular flexibility index (Phi) is 37.9. The van der Waals surface area contributed by atoms with Crippen LogP contribution in [0.1, 0.15) is 153 Å². The summed E-state index contributed by atoms with van der Waals surface area (Å²) in [4.78, 5) is 125. The molecule has 3 aliphatic heterocycles. The van der Waals surface area contributed by atoms with E-state index >= 15 is 0 Å². The van der Waals surface area contributed by atoms with Crippen LogP contribution in [0.2, 0.25) is 0 Å². The molecule has 0 amide bonds. The summed E-state index contributed by atoms with van der Waals surface area (Å²) < 4.78 is 299. The molecule has 11 aliphatic rings. The molecule has 0 N–H and O–H groups in total. The Labute approximate surface area is 1040 Å². The number of carbonyl (C=O) groups is 9. The average Bonchev–Trinajstić information content (AvgIpc) is 0.918. The van der Waals surface area contributed by atoms with E-state index in [-0.39, 0.29) is 92.4 Å². The summed E-state index contributed by atoms with van der Waals surface area (Å²) in [6.45, 7) is 1.22. The van der Waals surface area contributed by atoms with E-state index in [0.717, 1.165) is 28.6 Å².